The van der Waals surface area contributed by atoms with Crippen LogP contribution in [0, 0.1) is 23.2 Å². The van der Waals surface area contributed by atoms with Crippen molar-refractivity contribution in [3.63, 3.8) is 0 Å². The van der Waals surface area contributed by atoms with E-state index in [0.29, 0.717) is 0 Å². The Kier molecular flexibility index (Phi) is 1.68. The van der Waals surface area contributed by atoms with E-state index in [1.165, 1.54) is 25.7 Å². The van der Waals surface area contributed by atoms with Gasteiger partial charge in [0.1, 0.15) is 0 Å². The van der Waals surface area contributed by atoms with E-state index in [-0.39, 0.29) is 0 Å². The molecule has 5 fully saturated rings. The highest BCUT2D eigenvalue weighted by Gasteiger charge is 2.53. The van der Waals surface area contributed by atoms with Crippen molar-refractivity contribution >= 4 is 0 Å². The highest BCUT2D eigenvalue weighted by Crippen LogP contribution is 2.60. The molecule has 4 bridgehead atoms. The SMILES string of the molecule is CC12CC3CC(C1)C(NC1CC1)C(C3)C2. The van der Waals surface area contributed by atoms with Crippen LogP contribution in [0.4, 0.5) is 0 Å². The van der Waals surface area contributed by atoms with Gasteiger partial charge >= 0.3 is 0 Å². The fourth-order valence-corrected chi connectivity index (χ4v) is 5.23. The second-order valence-corrected chi connectivity index (χ2v) is 7.25. The highest BCUT2D eigenvalue weighted by molar-refractivity contribution is 5.07. The molecule has 5 aliphatic carbocycles. The van der Waals surface area contributed by atoms with Crippen LogP contribution in [-0.2, 0) is 0 Å². The normalized spacial score (nSPS) is 57.4. The van der Waals surface area contributed by atoms with Gasteiger partial charge in [0, 0.05) is 12.1 Å². The van der Waals surface area contributed by atoms with Gasteiger partial charge in [-0.05, 0) is 68.1 Å². The summed E-state index contributed by atoms with van der Waals surface area (Å²) in [6.45, 7) is 2.56. The second-order valence-electron chi connectivity index (χ2n) is 7.25. The van der Waals surface area contributed by atoms with E-state index in [9.17, 15) is 0 Å². The molecule has 1 N–H and O–H groups in total. The molecule has 2 atom stereocenters. The lowest BCUT2D eigenvalue weighted by atomic mass is 9.48. The zero-order valence-corrected chi connectivity index (χ0v) is 9.84. The number of hydrogen-bond acceptors (Lipinski definition) is 1. The lowest BCUT2D eigenvalue weighted by Gasteiger charge is -2.59. The summed E-state index contributed by atoms with van der Waals surface area (Å²) >= 11 is 0. The van der Waals surface area contributed by atoms with Crippen LogP contribution in [0.15, 0.2) is 0 Å². The molecule has 0 amide bonds. The number of rotatable bonds is 2. The summed E-state index contributed by atoms with van der Waals surface area (Å²) in [6, 6.07) is 1.84. The molecule has 5 rings (SSSR count). The topological polar surface area (TPSA) is 12.0 Å². The van der Waals surface area contributed by atoms with Crippen molar-refractivity contribution in [3.05, 3.63) is 0 Å². The van der Waals surface area contributed by atoms with Crippen LogP contribution < -0.4 is 5.32 Å². The van der Waals surface area contributed by atoms with Gasteiger partial charge in [0.2, 0.25) is 0 Å². The van der Waals surface area contributed by atoms with Crippen LogP contribution in [0.5, 0.6) is 0 Å². The number of nitrogens with one attached hydrogen (secondary N) is 1. The van der Waals surface area contributed by atoms with Gasteiger partial charge in [0.05, 0.1) is 0 Å². The van der Waals surface area contributed by atoms with Crippen LogP contribution in [0.1, 0.15) is 51.9 Å². The average molecular weight is 205 g/mol. The molecule has 1 heteroatoms. The van der Waals surface area contributed by atoms with Crippen molar-refractivity contribution in [2.45, 2.75) is 64.0 Å². The quantitative estimate of drug-likeness (QED) is 0.731. The van der Waals surface area contributed by atoms with E-state index in [1.54, 1.807) is 19.3 Å². The molecular formula is C14H23N. The van der Waals surface area contributed by atoms with Crippen molar-refractivity contribution in [2.24, 2.45) is 23.2 Å². The van der Waals surface area contributed by atoms with E-state index in [0.717, 1.165) is 35.3 Å². The summed E-state index contributed by atoms with van der Waals surface area (Å²) in [5, 5.41) is 3.95. The Balaban J connectivity index is 1.57. The number of hydrogen-bond donors (Lipinski definition) is 1. The Morgan fingerprint density at radius 1 is 1.00 bits per heavy atom. The molecule has 0 aliphatic heterocycles. The first-order valence-electron chi connectivity index (χ1n) is 6.98. The third-order valence-corrected chi connectivity index (χ3v) is 5.58. The van der Waals surface area contributed by atoms with Crippen molar-refractivity contribution in [2.75, 3.05) is 0 Å². The third kappa shape index (κ3) is 1.39. The van der Waals surface area contributed by atoms with E-state index < -0.39 is 0 Å². The largest absolute Gasteiger partial charge is 0.311 e. The molecule has 15 heavy (non-hydrogen) atoms. The van der Waals surface area contributed by atoms with Crippen molar-refractivity contribution in [1.29, 1.82) is 0 Å². The Labute approximate surface area is 93.0 Å². The van der Waals surface area contributed by atoms with Gasteiger partial charge in [-0.3, -0.25) is 0 Å². The fraction of sp³-hybridized carbons (Fsp3) is 1.00. The van der Waals surface area contributed by atoms with Gasteiger partial charge < -0.3 is 5.32 Å². The van der Waals surface area contributed by atoms with Gasteiger partial charge in [-0.15, -0.1) is 0 Å². The Morgan fingerprint density at radius 3 is 2.20 bits per heavy atom. The molecule has 0 aromatic carbocycles. The van der Waals surface area contributed by atoms with Gasteiger partial charge in [0.25, 0.3) is 0 Å². The second kappa shape index (κ2) is 2.80. The first kappa shape index (κ1) is 9.04. The summed E-state index contributed by atoms with van der Waals surface area (Å²) in [5.41, 5.74) is 0.748. The molecule has 0 aromatic rings. The summed E-state index contributed by atoms with van der Waals surface area (Å²) in [4.78, 5) is 0. The fourth-order valence-electron chi connectivity index (χ4n) is 5.23. The summed E-state index contributed by atoms with van der Waals surface area (Å²) in [6.07, 6.45) is 10.6. The minimum Gasteiger partial charge on any atom is -0.311 e. The van der Waals surface area contributed by atoms with Crippen LogP contribution in [0.25, 0.3) is 0 Å². The van der Waals surface area contributed by atoms with Crippen LogP contribution in [0.3, 0.4) is 0 Å². The summed E-state index contributed by atoms with van der Waals surface area (Å²) in [7, 11) is 0. The van der Waals surface area contributed by atoms with Crippen molar-refractivity contribution < 1.29 is 0 Å². The molecule has 1 nitrogen and oxygen atoms in total. The van der Waals surface area contributed by atoms with Crippen molar-refractivity contribution in [1.82, 2.24) is 5.32 Å². The van der Waals surface area contributed by atoms with E-state index in [4.69, 9.17) is 0 Å². The highest BCUT2D eigenvalue weighted by atomic mass is 15.0. The zero-order chi connectivity index (χ0) is 10.0. The molecule has 0 spiro atoms. The van der Waals surface area contributed by atoms with Gasteiger partial charge in [-0.1, -0.05) is 6.92 Å². The first-order chi connectivity index (χ1) is 7.22. The smallest absolute Gasteiger partial charge is 0.0127 e. The van der Waals surface area contributed by atoms with Gasteiger partial charge in [0.15, 0.2) is 0 Å². The van der Waals surface area contributed by atoms with Gasteiger partial charge in [-0.25, -0.2) is 0 Å². The molecule has 84 valence electrons. The summed E-state index contributed by atoms with van der Waals surface area (Å²) in [5.74, 6) is 3.19. The van der Waals surface area contributed by atoms with Crippen LogP contribution in [0.2, 0.25) is 0 Å². The van der Waals surface area contributed by atoms with E-state index in [2.05, 4.69) is 12.2 Å². The molecule has 0 heterocycles. The Hall–Kier alpha value is -0.0400. The van der Waals surface area contributed by atoms with Crippen molar-refractivity contribution in [3.8, 4) is 0 Å². The third-order valence-electron chi connectivity index (χ3n) is 5.58. The maximum absolute atomic E-state index is 3.95. The Morgan fingerprint density at radius 2 is 1.67 bits per heavy atom. The lowest BCUT2D eigenvalue weighted by molar-refractivity contribution is -0.0670. The maximum Gasteiger partial charge on any atom is 0.0127 e. The molecule has 5 saturated carbocycles. The van der Waals surface area contributed by atoms with E-state index in [1.807, 2.05) is 0 Å². The first-order valence-corrected chi connectivity index (χ1v) is 6.98. The molecule has 2 unspecified atom stereocenters. The minimum absolute atomic E-state index is 0.748. The predicted molar refractivity (Wildman–Crippen MR) is 61.6 cm³/mol. The van der Waals surface area contributed by atoms with Crippen LogP contribution >= 0.6 is 0 Å². The maximum atomic E-state index is 3.95. The summed E-state index contributed by atoms with van der Waals surface area (Å²) < 4.78 is 0. The lowest BCUT2D eigenvalue weighted by Crippen LogP contribution is -2.57. The molecule has 0 saturated heterocycles. The zero-order valence-electron chi connectivity index (χ0n) is 9.84. The molecular weight excluding hydrogens is 182 g/mol. The minimum atomic E-state index is 0.748. The van der Waals surface area contributed by atoms with Gasteiger partial charge in [-0.2, -0.15) is 0 Å². The standard InChI is InChI=1S/C14H23N/c1-14-6-9-4-10(7-14)13(11(5-9)8-14)15-12-2-3-12/h9-13,15H,2-8H2,1H3. The molecule has 0 aromatic heterocycles. The molecule has 0 radical (unpaired) electrons. The van der Waals surface area contributed by atoms with Crippen LogP contribution in [-0.4, -0.2) is 12.1 Å². The molecule has 5 aliphatic rings. The Bertz CT molecular complexity index is 265. The predicted octanol–water partition coefficient (Wildman–Crippen LogP) is 2.95. The van der Waals surface area contributed by atoms with E-state index >= 15 is 0 Å². The monoisotopic (exact) mass is 205 g/mol. The average Bonchev–Trinajstić information content (AvgIpc) is 2.92.